The molecule has 1 aliphatic carbocycles. The normalized spacial score (nSPS) is 12.3. The average Bonchev–Trinajstić information content (AvgIpc) is 3.40. The van der Waals surface area contributed by atoms with Crippen LogP contribution in [0.15, 0.2) is 118 Å². The number of pyridine rings is 1. The number of fused-ring (bicyclic) bond motifs is 3. The van der Waals surface area contributed by atoms with Gasteiger partial charge in [0.15, 0.2) is 16.1 Å². The molecule has 10 heteroatoms. The topological polar surface area (TPSA) is 102 Å². The van der Waals surface area contributed by atoms with E-state index in [0.29, 0.717) is 15.0 Å². The largest absolute Gasteiger partial charge is 0.449 e. The molecule has 0 spiro atoms. The number of alkyl halides is 1. The van der Waals surface area contributed by atoms with Gasteiger partial charge in [0, 0.05) is 39.8 Å². The van der Waals surface area contributed by atoms with Crippen LogP contribution in [0.3, 0.4) is 0 Å². The molecule has 6 rings (SSSR count). The molecule has 1 aliphatic rings. The number of nitrogens with one attached hydrogen (secondary N) is 1. The predicted octanol–water partition coefficient (Wildman–Crippen LogP) is 8.09. The fraction of sp³-hybridized carbons (Fsp3) is 0.139. The minimum Gasteiger partial charge on any atom is -0.449 e. The van der Waals surface area contributed by atoms with Crippen molar-refractivity contribution in [3.63, 3.8) is 0 Å². The molecule has 0 aliphatic heterocycles. The molecule has 1 amide bonds. The van der Waals surface area contributed by atoms with Crippen LogP contribution in [-0.2, 0) is 25.5 Å². The molecular weight excluding hydrogens is 731 g/mol. The van der Waals surface area contributed by atoms with E-state index in [0.717, 1.165) is 55.7 Å². The Morgan fingerprint density at radius 2 is 1.59 bits per heavy atom. The Hall–Kier alpha value is -4.00. The lowest BCUT2D eigenvalue weighted by atomic mass is 9.97. The van der Waals surface area contributed by atoms with Gasteiger partial charge < -0.3 is 10.1 Å². The summed E-state index contributed by atoms with van der Waals surface area (Å²) in [6.07, 6.45) is 3.04. The minimum atomic E-state index is -3.37. The number of carbonyl (C=O) groups is 2. The Labute approximate surface area is 285 Å². The molecule has 0 fully saturated rings. The summed E-state index contributed by atoms with van der Waals surface area (Å²) >= 11 is 3.66. The maximum atomic E-state index is 13.3. The number of benzene rings is 4. The number of aldehydes is 1. The first-order valence-corrected chi connectivity index (χ1v) is 18.7. The molecule has 4 aromatic carbocycles. The number of alkyl carbamates (subject to hydrolysis) is 1. The molecule has 0 atom stereocenters. The van der Waals surface area contributed by atoms with Crippen molar-refractivity contribution in [2.24, 2.45) is 0 Å². The molecule has 1 aromatic heterocycles. The van der Waals surface area contributed by atoms with E-state index in [9.17, 15) is 18.0 Å². The van der Waals surface area contributed by atoms with Crippen LogP contribution in [0.5, 0.6) is 0 Å². The van der Waals surface area contributed by atoms with Crippen molar-refractivity contribution in [3.8, 4) is 22.3 Å². The molecule has 0 saturated heterocycles. The summed E-state index contributed by atoms with van der Waals surface area (Å²) < 4.78 is 30.7. The summed E-state index contributed by atoms with van der Waals surface area (Å²) in [4.78, 5) is 30.6. The lowest BCUT2D eigenvalue weighted by molar-refractivity contribution is 0.112. The van der Waals surface area contributed by atoms with Gasteiger partial charge >= 0.3 is 6.09 Å². The summed E-state index contributed by atoms with van der Waals surface area (Å²) in [5.74, 6) is -0.0681. The van der Waals surface area contributed by atoms with E-state index in [1.54, 1.807) is 42.6 Å². The van der Waals surface area contributed by atoms with Gasteiger partial charge in [0.2, 0.25) is 0 Å². The Bertz CT molecular complexity index is 2000. The number of carbonyl (C=O) groups excluding carboxylic acids is 2. The number of hydrogen-bond donors (Lipinski definition) is 1. The first-order chi connectivity index (χ1) is 22.3. The maximum Gasteiger partial charge on any atom is 0.407 e. The number of halogens is 1. The van der Waals surface area contributed by atoms with E-state index in [1.165, 1.54) is 18.0 Å². The van der Waals surface area contributed by atoms with Crippen molar-refractivity contribution < 1.29 is 22.7 Å². The third-order valence-electron chi connectivity index (χ3n) is 7.96. The van der Waals surface area contributed by atoms with Crippen molar-refractivity contribution in [1.29, 1.82) is 0 Å². The third-order valence-corrected chi connectivity index (χ3v) is 11.2. The van der Waals surface area contributed by atoms with E-state index >= 15 is 0 Å². The van der Waals surface area contributed by atoms with Gasteiger partial charge in [-0.2, -0.15) is 0 Å². The number of amides is 1. The lowest BCUT2D eigenvalue weighted by Gasteiger charge is -2.20. The molecule has 5 aromatic rings. The Morgan fingerprint density at radius 1 is 0.913 bits per heavy atom. The van der Waals surface area contributed by atoms with Crippen molar-refractivity contribution >= 4 is 56.6 Å². The van der Waals surface area contributed by atoms with Gasteiger partial charge in [-0.15, -0.1) is 0 Å². The van der Waals surface area contributed by atoms with Gasteiger partial charge in [-0.25, -0.2) is 18.2 Å². The molecular formula is C36H29IN2O5S2. The molecule has 0 unspecified atom stereocenters. The monoisotopic (exact) mass is 760 g/mol. The maximum absolute atomic E-state index is 13.3. The number of aromatic nitrogens is 1. The van der Waals surface area contributed by atoms with Crippen molar-refractivity contribution in [2.75, 3.05) is 12.9 Å². The zero-order valence-electron chi connectivity index (χ0n) is 24.8. The highest BCUT2D eigenvalue weighted by Crippen LogP contribution is 2.44. The number of ether oxygens (including phenoxy) is 1. The zero-order valence-corrected chi connectivity index (χ0v) is 28.6. The number of hydrogen-bond acceptors (Lipinski definition) is 7. The van der Waals surface area contributed by atoms with Gasteiger partial charge in [0.05, 0.1) is 4.90 Å². The van der Waals surface area contributed by atoms with Crippen LogP contribution in [0, 0.1) is 0 Å². The summed E-state index contributed by atoms with van der Waals surface area (Å²) in [7, 11) is -3.37. The average molecular weight is 761 g/mol. The highest BCUT2D eigenvalue weighted by Gasteiger charge is 2.29. The molecule has 0 bridgehead atoms. The summed E-state index contributed by atoms with van der Waals surface area (Å²) in [5, 5.41) is 3.51. The van der Waals surface area contributed by atoms with E-state index in [2.05, 4.69) is 57.2 Å². The predicted molar refractivity (Wildman–Crippen MR) is 188 cm³/mol. The summed E-state index contributed by atoms with van der Waals surface area (Å²) in [5.41, 5.74) is 8.45. The van der Waals surface area contributed by atoms with Gasteiger partial charge in [-0.05, 0) is 68.8 Å². The standard InChI is InChI=1S/C36H29IN2O5S2/c1-46(42,43)26-15-12-23(13-16-26)27-17-14-24(19-37)34(45-35-25(21-40)7-6-18-38-35)32(27)20-39-36(41)44-22-33-30-10-4-2-8-28(30)29-9-3-5-11-31(29)33/h2-18,21,33H,19-20,22H2,1H3,(H,39,41). The minimum absolute atomic E-state index is 0.0681. The second kappa shape index (κ2) is 13.8. The van der Waals surface area contributed by atoms with Crippen molar-refractivity contribution in [2.45, 2.75) is 31.7 Å². The van der Waals surface area contributed by atoms with Crippen LogP contribution in [0.2, 0.25) is 0 Å². The fourth-order valence-corrected chi connectivity index (χ4v) is 8.36. The van der Waals surface area contributed by atoms with E-state index in [-0.39, 0.29) is 24.0 Å². The highest BCUT2D eigenvalue weighted by molar-refractivity contribution is 14.1. The fourth-order valence-electron chi connectivity index (χ4n) is 5.72. The first-order valence-electron chi connectivity index (χ1n) is 14.5. The van der Waals surface area contributed by atoms with Crippen LogP contribution < -0.4 is 5.32 Å². The van der Waals surface area contributed by atoms with E-state index in [4.69, 9.17) is 4.74 Å². The molecule has 1 heterocycles. The van der Waals surface area contributed by atoms with E-state index < -0.39 is 15.9 Å². The van der Waals surface area contributed by atoms with Gasteiger partial charge in [0.25, 0.3) is 0 Å². The van der Waals surface area contributed by atoms with Gasteiger partial charge in [-0.1, -0.05) is 107 Å². The third kappa shape index (κ3) is 6.60. The van der Waals surface area contributed by atoms with Crippen LogP contribution >= 0.6 is 34.4 Å². The number of rotatable bonds is 10. The molecule has 1 N–H and O–H groups in total. The molecule has 232 valence electrons. The second-order valence-corrected chi connectivity index (χ2v) is 14.6. The Morgan fingerprint density at radius 3 is 2.22 bits per heavy atom. The van der Waals surface area contributed by atoms with Gasteiger partial charge in [0.1, 0.15) is 11.6 Å². The van der Waals surface area contributed by atoms with E-state index in [1.807, 2.05) is 36.4 Å². The van der Waals surface area contributed by atoms with Crippen molar-refractivity contribution in [3.05, 3.63) is 131 Å². The molecule has 0 saturated carbocycles. The van der Waals surface area contributed by atoms with Crippen LogP contribution in [0.25, 0.3) is 22.3 Å². The summed E-state index contributed by atoms with van der Waals surface area (Å²) in [6, 6.07) is 30.5. The lowest BCUT2D eigenvalue weighted by Crippen LogP contribution is -2.26. The molecule has 7 nitrogen and oxygen atoms in total. The van der Waals surface area contributed by atoms with Crippen LogP contribution in [0.4, 0.5) is 4.79 Å². The molecule has 0 radical (unpaired) electrons. The Kier molecular flexibility index (Phi) is 9.57. The number of sulfone groups is 1. The highest BCUT2D eigenvalue weighted by atomic mass is 127. The SMILES string of the molecule is CS(=O)(=O)c1ccc(-c2ccc(CI)c(Sc3ncccc3C=O)c2CNC(=O)OCC2c3ccccc3-c3ccccc32)cc1. The van der Waals surface area contributed by atoms with Crippen molar-refractivity contribution in [1.82, 2.24) is 10.3 Å². The van der Waals surface area contributed by atoms with Crippen LogP contribution in [-0.4, -0.2) is 38.6 Å². The quantitative estimate of drug-likeness (QED) is 0.0873. The van der Waals surface area contributed by atoms with Gasteiger partial charge in [-0.3, -0.25) is 4.79 Å². The smallest absolute Gasteiger partial charge is 0.407 e. The Balaban J connectivity index is 1.30. The first kappa shape index (κ1) is 32.0. The summed E-state index contributed by atoms with van der Waals surface area (Å²) in [6.45, 7) is 0.321. The van der Waals surface area contributed by atoms with Crippen LogP contribution in [0.1, 0.15) is 38.5 Å². The second-order valence-electron chi connectivity index (χ2n) is 10.8. The number of nitrogens with zero attached hydrogens (tertiary/aromatic N) is 1. The molecule has 46 heavy (non-hydrogen) atoms. The zero-order chi connectivity index (χ0) is 32.3.